The maximum Gasteiger partial charge on any atom is 0.337 e. The van der Waals surface area contributed by atoms with E-state index in [-0.39, 0.29) is 18.2 Å². The zero-order valence-corrected chi connectivity index (χ0v) is 15.8. The van der Waals surface area contributed by atoms with Crippen LogP contribution >= 0.6 is 11.8 Å². The fraction of sp³-hybridized carbons (Fsp3) is 0.353. The number of carbonyl (C=O) groups excluding carboxylic acids is 3. The lowest BCUT2D eigenvalue weighted by molar-refractivity contribution is -0.122. The Labute approximate surface area is 155 Å². The lowest BCUT2D eigenvalue weighted by Crippen LogP contribution is -2.28. The quantitative estimate of drug-likeness (QED) is 0.465. The lowest BCUT2D eigenvalue weighted by atomic mass is 10.1. The first-order valence-corrected chi connectivity index (χ1v) is 8.73. The number of ether oxygens (including phenoxy) is 1. The van der Waals surface area contributed by atoms with Gasteiger partial charge in [-0.25, -0.2) is 4.79 Å². The summed E-state index contributed by atoms with van der Waals surface area (Å²) in [7, 11) is 1.29. The van der Waals surface area contributed by atoms with Gasteiger partial charge in [-0.15, -0.1) is 5.10 Å². The summed E-state index contributed by atoms with van der Waals surface area (Å²) in [4.78, 5) is 35.9. The van der Waals surface area contributed by atoms with Crippen molar-refractivity contribution < 1.29 is 19.1 Å². The number of hydrogen-bond acceptors (Lipinski definition) is 7. The average Bonchev–Trinajstić information content (AvgIpc) is 2.94. The molecule has 1 aliphatic heterocycles. The number of amidine groups is 1. The Hall–Kier alpha value is -2.68. The highest BCUT2D eigenvalue weighted by Crippen LogP contribution is 2.24. The number of nitrogens with zero attached hydrogens (tertiary/aromatic N) is 2. The van der Waals surface area contributed by atoms with Crippen LogP contribution in [0.4, 0.5) is 5.69 Å². The molecule has 138 valence electrons. The second-order valence-electron chi connectivity index (χ2n) is 5.82. The first-order chi connectivity index (χ1) is 12.3. The first-order valence-electron chi connectivity index (χ1n) is 7.85. The lowest BCUT2D eigenvalue weighted by Gasteiger charge is -2.11. The Balaban J connectivity index is 2.03. The Morgan fingerprint density at radius 2 is 2.08 bits per heavy atom. The van der Waals surface area contributed by atoms with Crippen LogP contribution < -0.4 is 10.6 Å². The largest absolute Gasteiger partial charge is 0.465 e. The van der Waals surface area contributed by atoms with Gasteiger partial charge in [-0.2, -0.15) is 5.10 Å². The molecule has 2 amide bonds. The summed E-state index contributed by atoms with van der Waals surface area (Å²) in [6.45, 7) is 5.39. The molecule has 1 aliphatic rings. The van der Waals surface area contributed by atoms with E-state index in [1.54, 1.807) is 32.0 Å². The number of rotatable bonds is 5. The molecule has 1 atom stereocenters. The van der Waals surface area contributed by atoms with Crippen molar-refractivity contribution in [2.24, 2.45) is 10.2 Å². The molecule has 2 rings (SSSR count). The van der Waals surface area contributed by atoms with Gasteiger partial charge in [0.15, 0.2) is 5.17 Å². The standard InChI is InChI=1S/C17H20N4O4S/c1-9(2)20-21-17-19-15(23)13(26-17)8-14(22)18-12-7-11(16(24)25-4)6-5-10(12)3/h5-7,13H,8H2,1-4H3,(H,18,22)(H,19,21,23). The number of methoxy groups -OCH3 is 1. The number of hydrogen-bond donors (Lipinski definition) is 2. The van der Waals surface area contributed by atoms with Crippen LogP contribution in [-0.4, -0.2) is 41.0 Å². The third-order valence-electron chi connectivity index (χ3n) is 3.42. The zero-order valence-electron chi connectivity index (χ0n) is 15.0. The Morgan fingerprint density at radius 3 is 2.73 bits per heavy atom. The van der Waals surface area contributed by atoms with Crippen LogP contribution in [0.25, 0.3) is 0 Å². The van der Waals surface area contributed by atoms with Gasteiger partial charge in [0.05, 0.1) is 12.7 Å². The summed E-state index contributed by atoms with van der Waals surface area (Å²) < 4.78 is 4.68. The van der Waals surface area contributed by atoms with E-state index in [9.17, 15) is 14.4 Å². The Kier molecular flexibility index (Phi) is 6.51. The summed E-state index contributed by atoms with van der Waals surface area (Å²) in [6, 6.07) is 4.89. The minimum absolute atomic E-state index is 0.0216. The summed E-state index contributed by atoms with van der Waals surface area (Å²) in [6.07, 6.45) is -0.0216. The molecule has 0 aliphatic carbocycles. The predicted octanol–water partition coefficient (Wildman–Crippen LogP) is 2.09. The molecule has 0 bridgehead atoms. The molecule has 8 nitrogen and oxygen atoms in total. The molecule has 1 aromatic carbocycles. The molecule has 0 spiro atoms. The van der Waals surface area contributed by atoms with Gasteiger partial charge in [0.2, 0.25) is 11.8 Å². The Morgan fingerprint density at radius 1 is 1.35 bits per heavy atom. The summed E-state index contributed by atoms with van der Waals surface area (Å²) in [5.41, 5.74) is 2.39. The van der Waals surface area contributed by atoms with Gasteiger partial charge in [0.1, 0.15) is 5.25 Å². The highest BCUT2D eigenvalue weighted by atomic mass is 32.2. The van der Waals surface area contributed by atoms with Gasteiger partial charge >= 0.3 is 5.97 Å². The van der Waals surface area contributed by atoms with Crippen LogP contribution in [-0.2, 0) is 14.3 Å². The number of carbonyl (C=O) groups is 3. The maximum atomic E-state index is 12.3. The molecule has 0 aromatic heterocycles. The smallest absolute Gasteiger partial charge is 0.337 e. The van der Waals surface area contributed by atoms with Crippen molar-refractivity contribution in [3.8, 4) is 0 Å². The molecule has 2 N–H and O–H groups in total. The third-order valence-corrected chi connectivity index (χ3v) is 4.49. The van der Waals surface area contributed by atoms with E-state index in [1.165, 1.54) is 7.11 Å². The minimum Gasteiger partial charge on any atom is -0.465 e. The van der Waals surface area contributed by atoms with E-state index < -0.39 is 11.2 Å². The van der Waals surface area contributed by atoms with Crippen molar-refractivity contribution in [2.75, 3.05) is 12.4 Å². The molecule has 9 heteroatoms. The highest BCUT2D eigenvalue weighted by molar-refractivity contribution is 8.15. The molecule has 0 saturated carbocycles. The topological polar surface area (TPSA) is 109 Å². The fourth-order valence-electron chi connectivity index (χ4n) is 2.10. The van der Waals surface area contributed by atoms with Gasteiger partial charge in [-0.3, -0.25) is 9.59 Å². The number of thioether (sulfide) groups is 1. The fourth-order valence-corrected chi connectivity index (χ4v) is 3.02. The molecular formula is C17H20N4O4S. The van der Waals surface area contributed by atoms with Gasteiger partial charge in [-0.1, -0.05) is 17.8 Å². The number of benzene rings is 1. The van der Waals surface area contributed by atoms with Gasteiger partial charge < -0.3 is 15.4 Å². The zero-order chi connectivity index (χ0) is 19.3. The third kappa shape index (κ3) is 5.16. The van der Waals surface area contributed by atoms with Crippen LogP contribution in [0, 0.1) is 6.92 Å². The number of anilines is 1. The van der Waals surface area contributed by atoms with E-state index in [4.69, 9.17) is 0 Å². The molecule has 1 aromatic rings. The van der Waals surface area contributed by atoms with Crippen LogP contribution in [0.2, 0.25) is 0 Å². The second-order valence-corrected chi connectivity index (χ2v) is 7.01. The van der Waals surface area contributed by atoms with Gasteiger partial charge in [0.25, 0.3) is 0 Å². The SMILES string of the molecule is COC(=O)c1ccc(C)c(NC(=O)CC2S/C(=N\N=C(C)C)NC2=O)c1. The Bertz CT molecular complexity index is 800. The molecule has 26 heavy (non-hydrogen) atoms. The van der Waals surface area contributed by atoms with E-state index >= 15 is 0 Å². The van der Waals surface area contributed by atoms with Gasteiger partial charge in [-0.05, 0) is 38.5 Å². The van der Waals surface area contributed by atoms with Crippen molar-refractivity contribution in [3.63, 3.8) is 0 Å². The molecule has 1 saturated heterocycles. The van der Waals surface area contributed by atoms with E-state index in [0.717, 1.165) is 23.0 Å². The van der Waals surface area contributed by atoms with Crippen LogP contribution in [0.1, 0.15) is 36.2 Å². The number of aryl methyl sites for hydroxylation is 1. The van der Waals surface area contributed by atoms with Gasteiger partial charge in [0, 0.05) is 17.8 Å². The highest BCUT2D eigenvalue weighted by Gasteiger charge is 2.32. The van der Waals surface area contributed by atoms with E-state index in [2.05, 4.69) is 25.6 Å². The minimum atomic E-state index is -0.579. The monoisotopic (exact) mass is 376 g/mol. The van der Waals surface area contributed by atoms with Crippen LogP contribution in [0.15, 0.2) is 28.4 Å². The van der Waals surface area contributed by atoms with Crippen molar-refractivity contribution in [1.82, 2.24) is 5.32 Å². The number of nitrogens with one attached hydrogen (secondary N) is 2. The van der Waals surface area contributed by atoms with Crippen molar-refractivity contribution in [1.29, 1.82) is 0 Å². The molecule has 1 heterocycles. The number of amides is 2. The summed E-state index contributed by atoms with van der Waals surface area (Å²) in [5, 5.41) is 12.9. The maximum absolute atomic E-state index is 12.3. The second kappa shape index (κ2) is 8.61. The molecule has 0 radical (unpaired) electrons. The van der Waals surface area contributed by atoms with Crippen molar-refractivity contribution in [3.05, 3.63) is 29.3 Å². The molecule has 1 unspecified atom stereocenters. The van der Waals surface area contributed by atoms with Crippen molar-refractivity contribution >= 4 is 46.1 Å². The summed E-state index contributed by atoms with van der Waals surface area (Å²) >= 11 is 1.16. The van der Waals surface area contributed by atoms with Crippen LogP contribution in [0.5, 0.6) is 0 Å². The van der Waals surface area contributed by atoms with Crippen molar-refractivity contribution in [2.45, 2.75) is 32.4 Å². The average molecular weight is 376 g/mol. The van der Waals surface area contributed by atoms with Crippen LogP contribution in [0.3, 0.4) is 0 Å². The predicted molar refractivity (Wildman–Crippen MR) is 102 cm³/mol. The first kappa shape index (κ1) is 19.6. The summed E-state index contributed by atoms with van der Waals surface area (Å²) in [5.74, 6) is -1.11. The van der Waals surface area contributed by atoms with E-state index in [0.29, 0.717) is 16.4 Å². The normalized spacial score (nSPS) is 17.6. The number of esters is 1. The molecule has 1 fully saturated rings. The molecular weight excluding hydrogens is 356 g/mol. The van der Waals surface area contributed by atoms with E-state index in [1.807, 2.05) is 6.92 Å².